The highest BCUT2D eigenvalue weighted by Crippen LogP contribution is 2.29. The summed E-state index contributed by atoms with van der Waals surface area (Å²) in [5.74, 6) is 1.10. The molecule has 0 spiro atoms. The number of hydrogen-bond donors (Lipinski definition) is 0. The second kappa shape index (κ2) is 11.4. The summed E-state index contributed by atoms with van der Waals surface area (Å²) in [6.07, 6.45) is 1.41. The molecule has 0 radical (unpaired) electrons. The van der Waals surface area contributed by atoms with Crippen LogP contribution < -0.4 is 4.90 Å². The highest BCUT2D eigenvalue weighted by atomic mass is 35.5. The van der Waals surface area contributed by atoms with Gasteiger partial charge in [0, 0.05) is 24.4 Å². The monoisotopic (exact) mass is 435 g/mol. The minimum absolute atomic E-state index is 0. The van der Waals surface area contributed by atoms with Gasteiger partial charge in [-0.2, -0.15) is 0 Å². The predicted octanol–water partition coefficient (Wildman–Crippen LogP) is 5.19. The third-order valence-electron chi connectivity index (χ3n) is 4.13. The highest BCUT2D eigenvalue weighted by molar-refractivity contribution is 7.99. The van der Waals surface area contributed by atoms with E-state index >= 15 is 0 Å². The van der Waals surface area contributed by atoms with Crippen LogP contribution >= 0.6 is 35.5 Å². The van der Waals surface area contributed by atoms with Crippen molar-refractivity contribution in [3.05, 3.63) is 54.6 Å². The maximum absolute atomic E-state index is 12.9. The smallest absolute Gasteiger partial charge is 0.228 e. The van der Waals surface area contributed by atoms with Gasteiger partial charge in [0.05, 0.1) is 10.2 Å². The van der Waals surface area contributed by atoms with Crippen LogP contribution in [0.5, 0.6) is 0 Å². The summed E-state index contributed by atoms with van der Waals surface area (Å²) in [4.78, 5) is 22.8. The van der Waals surface area contributed by atoms with Gasteiger partial charge < -0.3 is 4.90 Å². The van der Waals surface area contributed by atoms with Crippen LogP contribution in [0.1, 0.15) is 12.8 Å². The Morgan fingerprint density at radius 2 is 1.75 bits per heavy atom. The van der Waals surface area contributed by atoms with Gasteiger partial charge in [-0.25, -0.2) is 4.98 Å². The molecule has 28 heavy (non-hydrogen) atoms. The van der Waals surface area contributed by atoms with Gasteiger partial charge in [0.15, 0.2) is 5.13 Å². The van der Waals surface area contributed by atoms with Crippen LogP contribution in [0.15, 0.2) is 59.5 Å². The Bertz CT molecular complexity index is 837. The Labute approximate surface area is 181 Å². The summed E-state index contributed by atoms with van der Waals surface area (Å²) >= 11 is 3.39. The molecule has 0 saturated heterocycles. The summed E-state index contributed by atoms with van der Waals surface area (Å²) in [6, 6.07) is 18.4. The van der Waals surface area contributed by atoms with Crippen molar-refractivity contribution in [1.29, 1.82) is 0 Å². The molecule has 0 N–H and O–H groups in total. The summed E-state index contributed by atoms with van der Waals surface area (Å²) in [7, 11) is 4.05. The molecule has 0 fully saturated rings. The first kappa shape index (κ1) is 22.7. The van der Waals surface area contributed by atoms with Gasteiger partial charge in [-0.05, 0) is 50.5 Å². The zero-order valence-corrected chi connectivity index (χ0v) is 18.7. The van der Waals surface area contributed by atoms with Crippen molar-refractivity contribution in [2.45, 2.75) is 17.7 Å². The number of aromatic nitrogens is 1. The number of para-hydroxylation sites is 1. The first-order chi connectivity index (χ1) is 13.1. The van der Waals surface area contributed by atoms with Gasteiger partial charge in [0.25, 0.3) is 0 Å². The normalized spacial score (nSPS) is 10.8. The van der Waals surface area contributed by atoms with E-state index in [9.17, 15) is 4.79 Å². The van der Waals surface area contributed by atoms with E-state index in [2.05, 4.69) is 28.1 Å². The second-order valence-corrected chi connectivity index (χ2v) is 8.76. The minimum atomic E-state index is 0. The molecule has 0 aliphatic heterocycles. The molecule has 0 atom stereocenters. The fourth-order valence-corrected chi connectivity index (χ4v) is 4.55. The van der Waals surface area contributed by atoms with Crippen LogP contribution in [0, 0.1) is 0 Å². The lowest BCUT2D eigenvalue weighted by atomic mass is 10.3. The molecule has 0 saturated carbocycles. The zero-order valence-electron chi connectivity index (χ0n) is 16.2. The van der Waals surface area contributed by atoms with Gasteiger partial charge in [0.2, 0.25) is 5.91 Å². The third-order valence-corrected chi connectivity index (χ3v) is 6.29. The number of fused-ring (bicyclic) bond motifs is 1. The molecule has 150 valence electrons. The molecule has 1 heterocycles. The molecule has 4 nitrogen and oxygen atoms in total. The first-order valence-corrected chi connectivity index (χ1v) is 10.9. The number of anilines is 1. The Morgan fingerprint density at radius 3 is 2.46 bits per heavy atom. The average molecular weight is 436 g/mol. The molecular weight excluding hydrogens is 410 g/mol. The van der Waals surface area contributed by atoms with E-state index in [0.717, 1.165) is 34.1 Å². The van der Waals surface area contributed by atoms with Crippen LogP contribution in [0.2, 0.25) is 0 Å². The quantitative estimate of drug-likeness (QED) is 0.342. The number of hydrogen-bond acceptors (Lipinski definition) is 5. The van der Waals surface area contributed by atoms with E-state index in [4.69, 9.17) is 0 Å². The average Bonchev–Trinajstić information content (AvgIpc) is 3.09. The number of rotatable bonds is 9. The Hall–Kier alpha value is -1.60. The van der Waals surface area contributed by atoms with Gasteiger partial charge in [-0.3, -0.25) is 9.69 Å². The maximum atomic E-state index is 12.9. The van der Waals surface area contributed by atoms with Crippen molar-refractivity contribution < 1.29 is 4.79 Å². The number of benzene rings is 2. The molecular formula is C21H26ClN3OS2. The number of carbonyl (C=O) groups excluding carboxylic acids is 1. The Morgan fingerprint density at radius 1 is 1.04 bits per heavy atom. The molecule has 0 aliphatic rings. The largest absolute Gasteiger partial charge is 0.308 e. The van der Waals surface area contributed by atoms with Crippen LogP contribution in [-0.4, -0.2) is 48.7 Å². The lowest BCUT2D eigenvalue weighted by Crippen LogP contribution is -2.36. The number of nitrogens with zero attached hydrogens (tertiary/aromatic N) is 3. The van der Waals surface area contributed by atoms with Crippen LogP contribution in [0.3, 0.4) is 0 Å². The number of carbonyl (C=O) groups is 1. The van der Waals surface area contributed by atoms with E-state index < -0.39 is 0 Å². The van der Waals surface area contributed by atoms with Crippen molar-refractivity contribution in [3.63, 3.8) is 0 Å². The first-order valence-electron chi connectivity index (χ1n) is 9.12. The number of thioether (sulfide) groups is 1. The number of halogens is 1. The van der Waals surface area contributed by atoms with Crippen molar-refractivity contribution in [2.75, 3.05) is 37.8 Å². The number of thiazole rings is 1. The predicted molar refractivity (Wildman–Crippen MR) is 124 cm³/mol. The minimum Gasteiger partial charge on any atom is -0.308 e. The lowest BCUT2D eigenvalue weighted by molar-refractivity contribution is -0.118. The Balaban J connectivity index is 0.00000280. The zero-order chi connectivity index (χ0) is 19.1. The fraction of sp³-hybridized carbons (Fsp3) is 0.333. The van der Waals surface area contributed by atoms with Gasteiger partial charge in [-0.15, -0.1) is 24.2 Å². The van der Waals surface area contributed by atoms with Crippen molar-refractivity contribution in [1.82, 2.24) is 9.88 Å². The molecule has 1 aromatic heterocycles. The summed E-state index contributed by atoms with van der Waals surface area (Å²) in [5.41, 5.74) is 0.958. The number of likely N-dealkylation sites (N-methyl/N-ethyl adjacent to an activating group) is 1. The fourth-order valence-electron chi connectivity index (χ4n) is 2.67. The van der Waals surface area contributed by atoms with Gasteiger partial charge in [0.1, 0.15) is 0 Å². The lowest BCUT2D eigenvalue weighted by Gasteiger charge is -2.22. The molecule has 3 rings (SSSR count). The molecule has 0 aliphatic carbocycles. The summed E-state index contributed by atoms with van der Waals surface area (Å²) < 4.78 is 1.12. The SMILES string of the molecule is CN(C)CCN(C(=O)CCCSc1ccccc1)c1nc2ccccc2s1.Cl. The summed E-state index contributed by atoms with van der Waals surface area (Å²) in [6.45, 7) is 1.48. The van der Waals surface area contributed by atoms with E-state index in [1.807, 2.05) is 55.4 Å². The van der Waals surface area contributed by atoms with Crippen LogP contribution in [-0.2, 0) is 4.79 Å². The molecule has 3 aromatic rings. The highest BCUT2D eigenvalue weighted by Gasteiger charge is 2.19. The van der Waals surface area contributed by atoms with Crippen LogP contribution in [0.25, 0.3) is 10.2 Å². The van der Waals surface area contributed by atoms with Crippen molar-refractivity contribution >= 4 is 56.8 Å². The maximum Gasteiger partial charge on any atom is 0.228 e. The van der Waals surface area contributed by atoms with E-state index in [1.54, 1.807) is 23.1 Å². The Kier molecular flexibility index (Phi) is 9.25. The summed E-state index contributed by atoms with van der Waals surface area (Å²) in [5, 5.41) is 0.804. The number of amides is 1. The molecule has 0 bridgehead atoms. The van der Waals surface area contributed by atoms with E-state index in [1.165, 1.54) is 4.90 Å². The second-order valence-electron chi connectivity index (χ2n) is 6.58. The molecule has 7 heteroatoms. The van der Waals surface area contributed by atoms with Gasteiger partial charge >= 0.3 is 0 Å². The van der Waals surface area contributed by atoms with Gasteiger partial charge in [-0.1, -0.05) is 41.7 Å². The molecule has 0 unspecified atom stereocenters. The molecule has 1 amide bonds. The van der Waals surface area contributed by atoms with Crippen molar-refractivity contribution in [3.8, 4) is 0 Å². The van der Waals surface area contributed by atoms with E-state index in [0.29, 0.717) is 13.0 Å². The standard InChI is InChI=1S/C21H25N3OS2.ClH/c1-23(2)14-15-24(21-22-18-11-6-7-12-19(18)27-21)20(25)13-8-16-26-17-9-4-3-5-10-17;/h3-7,9-12H,8,13-16H2,1-2H3;1H. The molecule has 2 aromatic carbocycles. The topological polar surface area (TPSA) is 36.4 Å². The van der Waals surface area contributed by atoms with Crippen molar-refractivity contribution in [2.24, 2.45) is 0 Å². The van der Waals surface area contributed by atoms with Crippen LogP contribution in [0.4, 0.5) is 5.13 Å². The third kappa shape index (κ3) is 6.48. The van der Waals surface area contributed by atoms with E-state index in [-0.39, 0.29) is 18.3 Å².